The van der Waals surface area contributed by atoms with Crippen LogP contribution >= 0.6 is 0 Å². The van der Waals surface area contributed by atoms with Crippen LogP contribution in [-0.4, -0.2) is 9.85 Å². The fourth-order valence-electron chi connectivity index (χ4n) is 2.53. The molecule has 2 aromatic carbocycles. The van der Waals surface area contributed by atoms with Gasteiger partial charge in [-0.25, -0.2) is 0 Å². The Morgan fingerprint density at radius 3 is 2.32 bits per heavy atom. The molecule has 0 aliphatic heterocycles. The standard InChI is InChI=1S/C13H8N2O4/c16-14(17)12-6-5-10-9-4-2-1-3-8(9)7-11(10)13(12)15(18)19/h1-6H,7H2. The van der Waals surface area contributed by atoms with Crippen LogP contribution in [0.15, 0.2) is 36.4 Å². The molecule has 6 heteroatoms. The van der Waals surface area contributed by atoms with Crippen molar-refractivity contribution in [2.75, 3.05) is 0 Å². The lowest BCUT2D eigenvalue weighted by molar-refractivity contribution is -0.422. The van der Waals surface area contributed by atoms with Crippen LogP contribution in [0.1, 0.15) is 11.1 Å². The molecule has 0 bridgehead atoms. The third-order valence-electron chi connectivity index (χ3n) is 3.32. The average molecular weight is 256 g/mol. The van der Waals surface area contributed by atoms with Gasteiger partial charge in [0.15, 0.2) is 0 Å². The fraction of sp³-hybridized carbons (Fsp3) is 0.0769. The Hall–Kier alpha value is -2.76. The van der Waals surface area contributed by atoms with Gasteiger partial charge in [0, 0.05) is 18.1 Å². The molecular weight excluding hydrogens is 248 g/mol. The minimum Gasteiger partial charge on any atom is -0.258 e. The number of fused-ring (bicyclic) bond motifs is 3. The van der Waals surface area contributed by atoms with Crippen LogP contribution in [0.4, 0.5) is 11.4 Å². The zero-order valence-corrected chi connectivity index (χ0v) is 9.70. The molecule has 94 valence electrons. The van der Waals surface area contributed by atoms with E-state index in [0.717, 1.165) is 11.1 Å². The van der Waals surface area contributed by atoms with Crippen molar-refractivity contribution in [2.24, 2.45) is 0 Å². The highest BCUT2D eigenvalue weighted by atomic mass is 16.6. The second kappa shape index (κ2) is 3.88. The summed E-state index contributed by atoms with van der Waals surface area (Å²) in [5, 5.41) is 22.0. The summed E-state index contributed by atoms with van der Waals surface area (Å²) in [5.74, 6) is 0. The van der Waals surface area contributed by atoms with Gasteiger partial charge in [0.25, 0.3) is 0 Å². The first-order valence-electron chi connectivity index (χ1n) is 5.62. The average Bonchev–Trinajstić information content (AvgIpc) is 2.75. The van der Waals surface area contributed by atoms with Gasteiger partial charge in [-0.05, 0) is 22.8 Å². The number of benzene rings is 2. The molecule has 0 saturated carbocycles. The van der Waals surface area contributed by atoms with Crippen molar-refractivity contribution in [3.8, 4) is 11.1 Å². The second-order valence-electron chi connectivity index (χ2n) is 4.31. The van der Waals surface area contributed by atoms with Crippen LogP contribution in [0.5, 0.6) is 0 Å². The molecule has 19 heavy (non-hydrogen) atoms. The SMILES string of the molecule is O=[N+]([O-])c1ccc2c(c1[N+](=O)[O-])Cc1ccccc1-2. The van der Waals surface area contributed by atoms with Gasteiger partial charge in [0.2, 0.25) is 0 Å². The van der Waals surface area contributed by atoms with E-state index >= 15 is 0 Å². The van der Waals surface area contributed by atoms with Gasteiger partial charge in [-0.1, -0.05) is 24.3 Å². The molecule has 1 aliphatic rings. The molecule has 0 unspecified atom stereocenters. The first kappa shape index (κ1) is 11.3. The first-order valence-corrected chi connectivity index (χ1v) is 5.62. The van der Waals surface area contributed by atoms with Crippen molar-refractivity contribution >= 4 is 11.4 Å². The smallest absolute Gasteiger partial charge is 0.258 e. The number of hydrogen-bond donors (Lipinski definition) is 0. The maximum Gasteiger partial charge on any atom is 0.350 e. The fourth-order valence-corrected chi connectivity index (χ4v) is 2.53. The highest BCUT2D eigenvalue weighted by Crippen LogP contribution is 2.44. The molecule has 0 saturated heterocycles. The molecule has 0 radical (unpaired) electrons. The topological polar surface area (TPSA) is 86.3 Å². The Labute approximate surface area is 107 Å². The van der Waals surface area contributed by atoms with E-state index in [1.165, 1.54) is 6.07 Å². The molecule has 2 aromatic rings. The Bertz CT molecular complexity index is 725. The van der Waals surface area contributed by atoms with Crippen molar-refractivity contribution in [3.05, 3.63) is 67.8 Å². The van der Waals surface area contributed by atoms with Crippen LogP contribution in [0.2, 0.25) is 0 Å². The zero-order valence-electron chi connectivity index (χ0n) is 9.70. The first-order chi connectivity index (χ1) is 9.09. The Kier molecular flexibility index (Phi) is 2.31. The summed E-state index contributed by atoms with van der Waals surface area (Å²) in [5.41, 5.74) is 2.18. The highest BCUT2D eigenvalue weighted by Gasteiger charge is 2.34. The molecule has 0 aromatic heterocycles. The van der Waals surface area contributed by atoms with Gasteiger partial charge in [0.05, 0.1) is 9.85 Å². The van der Waals surface area contributed by atoms with Crippen LogP contribution in [-0.2, 0) is 6.42 Å². The lowest BCUT2D eigenvalue weighted by Gasteiger charge is -2.02. The minimum absolute atomic E-state index is 0.365. The number of nitro groups is 2. The van der Waals surface area contributed by atoms with Crippen LogP contribution in [0.3, 0.4) is 0 Å². The van der Waals surface area contributed by atoms with Crippen molar-refractivity contribution in [3.63, 3.8) is 0 Å². The van der Waals surface area contributed by atoms with E-state index in [1.807, 2.05) is 24.3 Å². The van der Waals surface area contributed by atoms with Crippen LogP contribution in [0, 0.1) is 20.2 Å². The summed E-state index contributed by atoms with van der Waals surface area (Å²) in [6, 6.07) is 10.2. The van der Waals surface area contributed by atoms with Gasteiger partial charge in [-0.3, -0.25) is 20.2 Å². The van der Waals surface area contributed by atoms with Crippen LogP contribution < -0.4 is 0 Å². The van der Waals surface area contributed by atoms with Crippen molar-refractivity contribution in [1.82, 2.24) is 0 Å². The van der Waals surface area contributed by atoms with Gasteiger partial charge in [0.1, 0.15) is 0 Å². The molecule has 0 amide bonds. The monoisotopic (exact) mass is 256 g/mol. The van der Waals surface area contributed by atoms with Crippen molar-refractivity contribution < 1.29 is 9.85 Å². The van der Waals surface area contributed by atoms with Gasteiger partial charge in [-0.15, -0.1) is 0 Å². The molecule has 6 nitrogen and oxygen atoms in total. The summed E-state index contributed by atoms with van der Waals surface area (Å²) in [4.78, 5) is 20.7. The van der Waals surface area contributed by atoms with E-state index in [1.54, 1.807) is 6.07 Å². The molecule has 0 spiro atoms. The summed E-state index contributed by atoms with van der Waals surface area (Å²) < 4.78 is 0. The number of nitrogens with zero attached hydrogens (tertiary/aromatic N) is 2. The lowest BCUT2D eigenvalue weighted by atomic mass is 10.0. The Morgan fingerprint density at radius 2 is 1.63 bits per heavy atom. The number of hydrogen-bond acceptors (Lipinski definition) is 4. The van der Waals surface area contributed by atoms with E-state index in [9.17, 15) is 20.2 Å². The van der Waals surface area contributed by atoms with Gasteiger partial charge in [-0.2, -0.15) is 0 Å². The number of nitro benzene ring substituents is 2. The van der Waals surface area contributed by atoms with E-state index in [2.05, 4.69) is 0 Å². The van der Waals surface area contributed by atoms with E-state index < -0.39 is 21.2 Å². The van der Waals surface area contributed by atoms with Crippen molar-refractivity contribution in [2.45, 2.75) is 6.42 Å². The molecular formula is C13H8N2O4. The van der Waals surface area contributed by atoms with E-state index in [0.29, 0.717) is 17.5 Å². The predicted octanol–water partition coefficient (Wildman–Crippen LogP) is 3.07. The van der Waals surface area contributed by atoms with Crippen LogP contribution in [0.25, 0.3) is 11.1 Å². The summed E-state index contributed by atoms with van der Waals surface area (Å²) in [6.45, 7) is 0. The third kappa shape index (κ3) is 1.57. The Balaban J connectivity index is 2.31. The molecule has 0 atom stereocenters. The highest BCUT2D eigenvalue weighted by molar-refractivity contribution is 5.83. The maximum absolute atomic E-state index is 11.1. The summed E-state index contributed by atoms with van der Waals surface area (Å²) in [6.07, 6.45) is 0.365. The second-order valence-corrected chi connectivity index (χ2v) is 4.31. The summed E-state index contributed by atoms with van der Waals surface area (Å²) >= 11 is 0. The largest absolute Gasteiger partial charge is 0.350 e. The predicted molar refractivity (Wildman–Crippen MR) is 68.0 cm³/mol. The molecule has 3 rings (SSSR count). The van der Waals surface area contributed by atoms with Gasteiger partial charge >= 0.3 is 11.4 Å². The zero-order chi connectivity index (χ0) is 13.6. The third-order valence-corrected chi connectivity index (χ3v) is 3.32. The Morgan fingerprint density at radius 1 is 0.895 bits per heavy atom. The number of rotatable bonds is 2. The summed E-state index contributed by atoms with van der Waals surface area (Å²) in [7, 11) is 0. The minimum atomic E-state index is -0.707. The quantitative estimate of drug-likeness (QED) is 0.520. The van der Waals surface area contributed by atoms with E-state index in [4.69, 9.17) is 0 Å². The maximum atomic E-state index is 11.1. The molecule has 0 heterocycles. The lowest BCUT2D eigenvalue weighted by Crippen LogP contribution is -2.00. The van der Waals surface area contributed by atoms with Gasteiger partial charge < -0.3 is 0 Å². The molecule has 0 N–H and O–H groups in total. The van der Waals surface area contributed by atoms with E-state index in [-0.39, 0.29) is 0 Å². The van der Waals surface area contributed by atoms with Crippen molar-refractivity contribution in [1.29, 1.82) is 0 Å². The normalized spacial score (nSPS) is 11.8. The molecule has 1 aliphatic carbocycles. The molecule has 0 fully saturated rings.